The van der Waals surface area contributed by atoms with Crippen LogP contribution in [0.4, 0.5) is 11.4 Å². The molecule has 0 aliphatic carbocycles. The number of carbonyl (C=O) groups is 1. The summed E-state index contributed by atoms with van der Waals surface area (Å²) in [5.41, 5.74) is 12.9. The molecular formula is C10H12N2O2. The van der Waals surface area contributed by atoms with Crippen molar-refractivity contribution in [1.82, 2.24) is 0 Å². The molecule has 1 aromatic carbocycles. The molecule has 0 aliphatic rings. The van der Waals surface area contributed by atoms with Crippen LogP contribution in [0.3, 0.4) is 0 Å². The lowest BCUT2D eigenvalue weighted by Gasteiger charge is -2.07. The number of ether oxygens (including phenoxy) is 1. The average molecular weight is 192 g/mol. The fourth-order valence-electron chi connectivity index (χ4n) is 0.967. The second kappa shape index (κ2) is 4.32. The van der Waals surface area contributed by atoms with Gasteiger partial charge in [0, 0.05) is 11.6 Å². The third-order valence-corrected chi connectivity index (χ3v) is 1.77. The molecule has 4 N–H and O–H groups in total. The SMILES string of the molecule is C=CC(=O)OCc1cccc(N)c1N. The van der Waals surface area contributed by atoms with Gasteiger partial charge in [0.2, 0.25) is 0 Å². The van der Waals surface area contributed by atoms with Crippen LogP contribution in [0.1, 0.15) is 5.56 Å². The highest BCUT2D eigenvalue weighted by Crippen LogP contribution is 2.19. The number of hydrogen-bond acceptors (Lipinski definition) is 4. The monoisotopic (exact) mass is 192 g/mol. The van der Waals surface area contributed by atoms with Crippen molar-refractivity contribution in [3.05, 3.63) is 36.4 Å². The number of nitrogen functional groups attached to an aromatic ring is 2. The predicted octanol–water partition coefficient (Wildman–Crippen LogP) is 1.08. The van der Waals surface area contributed by atoms with Crippen molar-refractivity contribution in [2.75, 3.05) is 11.5 Å². The summed E-state index contributed by atoms with van der Waals surface area (Å²) in [4.78, 5) is 10.8. The summed E-state index contributed by atoms with van der Waals surface area (Å²) in [6.07, 6.45) is 1.10. The first-order valence-electron chi connectivity index (χ1n) is 4.07. The van der Waals surface area contributed by atoms with Gasteiger partial charge in [0.05, 0.1) is 11.4 Å². The van der Waals surface area contributed by atoms with Crippen molar-refractivity contribution >= 4 is 17.3 Å². The van der Waals surface area contributed by atoms with Crippen LogP contribution >= 0.6 is 0 Å². The summed E-state index contributed by atoms with van der Waals surface area (Å²) >= 11 is 0. The highest BCUT2D eigenvalue weighted by atomic mass is 16.5. The number of hydrogen-bond donors (Lipinski definition) is 2. The van der Waals surface area contributed by atoms with Crippen LogP contribution in [0.15, 0.2) is 30.9 Å². The van der Waals surface area contributed by atoms with Gasteiger partial charge in [0.1, 0.15) is 6.61 Å². The van der Waals surface area contributed by atoms with Crippen molar-refractivity contribution in [2.24, 2.45) is 0 Å². The second-order valence-corrected chi connectivity index (χ2v) is 2.73. The Morgan fingerprint density at radius 3 is 2.86 bits per heavy atom. The summed E-state index contributed by atoms with van der Waals surface area (Å²) in [6, 6.07) is 5.19. The molecule has 0 unspecified atom stereocenters. The van der Waals surface area contributed by atoms with E-state index >= 15 is 0 Å². The first-order valence-corrected chi connectivity index (χ1v) is 4.07. The zero-order valence-electron chi connectivity index (χ0n) is 7.69. The van der Waals surface area contributed by atoms with Gasteiger partial charge in [0.15, 0.2) is 0 Å². The van der Waals surface area contributed by atoms with E-state index in [4.69, 9.17) is 16.2 Å². The van der Waals surface area contributed by atoms with E-state index in [-0.39, 0.29) is 6.61 Å². The Bertz CT molecular complexity index is 361. The van der Waals surface area contributed by atoms with Crippen molar-refractivity contribution in [3.8, 4) is 0 Å². The van der Waals surface area contributed by atoms with Crippen molar-refractivity contribution in [3.63, 3.8) is 0 Å². The molecule has 0 fully saturated rings. The number of rotatable bonds is 3. The normalized spacial score (nSPS) is 9.43. The van der Waals surface area contributed by atoms with E-state index < -0.39 is 5.97 Å². The minimum absolute atomic E-state index is 0.113. The lowest BCUT2D eigenvalue weighted by atomic mass is 10.1. The predicted molar refractivity (Wildman–Crippen MR) is 55.3 cm³/mol. The molecule has 1 rings (SSSR count). The van der Waals surface area contributed by atoms with Crippen LogP contribution in [-0.4, -0.2) is 5.97 Å². The lowest BCUT2D eigenvalue weighted by molar-refractivity contribution is -0.138. The Morgan fingerprint density at radius 2 is 2.21 bits per heavy atom. The van der Waals surface area contributed by atoms with Gasteiger partial charge in [-0.05, 0) is 6.07 Å². The van der Waals surface area contributed by atoms with Gasteiger partial charge in [-0.3, -0.25) is 0 Å². The van der Waals surface area contributed by atoms with Gasteiger partial charge in [-0.2, -0.15) is 0 Å². The fourth-order valence-corrected chi connectivity index (χ4v) is 0.967. The van der Waals surface area contributed by atoms with Crippen molar-refractivity contribution < 1.29 is 9.53 Å². The molecule has 4 heteroatoms. The standard InChI is InChI=1S/C10H12N2O2/c1-2-9(13)14-6-7-4-3-5-8(11)10(7)12/h2-5H,1,6,11-12H2. The minimum atomic E-state index is -0.480. The third kappa shape index (κ3) is 2.26. The van der Waals surface area contributed by atoms with Crippen LogP contribution in [0.25, 0.3) is 0 Å². The highest BCUT2D eigenvalue weighted by Gasteiger charge is 2.03. The fraction of sp³-hybridized carbons (Fsp3) is 0.100. The van der Waals surface area contributed by atoms with E-state index in [9.17, 15) is 4.79 Å². The summed E-state index contributed by atoms with van der Waals surface area (Å²) in [5, 5.41) is 0. The molecule has 0 bridgehead atoms. The van der Waals surface area contributed by atoms with Crippen LogP contribution in [-0.2, 0) is 16.1 Å². The van der Waals surface area contributed by atoms with Gasteiger partial charge in [-0.1, -0.05) is 18.7 Å². The number of nitrogens with two attached hydrogens (primary N) is 2. The molecule has 0 radical (unpaired) electrons. The van der Waals surface area contributed by atoms with Gasteiger partial charge >= 0.3 is 5.97 Å². The summed E-state index contributed by atoms with van der Waals surface area (Å²) < 4.78 is 4.82. The smallest absolute Gasteiger partial charge is 0.330 e. The molecule has 0 heterocycles. The zero-order valence-corrected chi connectivity index (χ0v) is 7.69. The van der Waals surface area contributed by atoms with E-state index in [1.54, 1.807) is 18.2 Å². The Balaban J connectivity index is 2.72. The second-order valence-electron chi connectivity index (χ2n) is 2.73. The van der Waals surface area contributed by atoms with Gasteiger partial charge in [-0.15, -0.1) is 0 Å². The maximum atomic E-state index is 10.8. The van der Waals surface area contributed by atoms with Crippen molar-refractivity contribution in [1.29, 1.82) is 0 Å². The number of para-hydroxylation sites is 1. The average Bonchev–Trinajstić information content (AvgIpc) is 2.20. The van der Waals surface area contributed by atoms with Crippen molar-refractivity contribution in [2.45, 2.75) is 6.61 Å². The molecule has 74 valence electrons. The van der Waals surface area contributed by atoms with E-state index in [0.29, 0.717) is 16.9 Å². The van der Waals surface area contributed by atoms with E-state index in [1.165, 1.54) is 0 Å². The summed E-state index contributed by atoms with van der Waals surface area (Å²) in [7, 11) is 0. The first-order chi connectivity index (χ1) is 6.65. The van der Waals surface area contributed by atoms with Crippen LogP contribution in [0.2, 0.25) is 0 Å². The molecule has 0 saturated heterocycles. The van der Waals surface area contributed by atoms with Gasteiger partial charge in [0.25, 0.3) is 0 Å². The van der Waals surface area contributed by atoms with Crippen LogP contribution in [0, 0.1) is 0 Å². The Hall–Kier alpha value is -1.97. The maximum absolute atomic E-state index is 10.8. The summed E-state index contributed by atoms with van der Waals surface area (Å²) in [5.74, 6) is -0.480. The first kappa shape index (κ1) is 10.1. The minimum Gasteiger partial charge on any atom is -0.458 e. The van der Waals surface area contributed by atoms with E-state index in [1.807, 2.05) is 0 Å². The molecule has 0 aromatic heterocycles. The largest absolute Gasteiger partial charge is 0.458 e. The van der Waals surface area contributed by atoms with Crippen LogP contribution < -0.4 is 11.5 Å². The molecule has 14 heavy (non-hydrogen) atoms. The van der Waals surface area contributed by atoms with Crippen LogP contribution in [0.5, 0.6) is 0 Å². The number of benzene rings is 1. The molecule has 0 atom stereocenters. The lowest BCUT2D eigenvalue weighted by Crippen LogP contribution is -2.04. The van der Waals surface area contributed by atoms with E-state index in [0.717, 1.165) is 6.08 Å². The molecule has 1 aromatic rings. The Kier molecular flexibility index (Phi) is 3.12. The quantitative estimate of drug-likeness (QED) is 0.426. The Morgan fingerprint density at radius 1 is 1.50 bits per heavy atom. The molecule has 0 saturated carbocycles. The molecule has 0 amide bonds. The number of carbonyl (C=O) groups excluding carboxylic acids is 1. The Labute approximate surface area is 82.2 Å². The third-order valence-electron chi connectivity index (χ3n) is 1.77. The maximum Gasteiger partial charge on any atom is 0.330 e. The molecule has 4 nitrogen and oxygen atoms in total. The molecular weight excluding hydrogens is 180 g/mol. The highest BCUT2D eigenvalue weighted by molar-refractivity contribution is 5.81. The number of anilines is 2. The topological polar surface area (TPSA) is 78.3 Å². The summed E-state index contributed by atoms with van der Waals surface area (Å²) in [6.45, 7) is 3.40. The van der Waals surface area contributed by atoms with E-state index in [2.05, 4.69) is 6.58 Å². The van der Waals surface area contributed by atoms with Gasteiger partial charge < -0.3 is 16.2 Å². The molecule has 0 aliphatic heterocycles. The molecule has 0 spiro atoms. The number of esters is 1. The zero-order chi connectivity index (χ0) is 10.6. The van der Waals surface area contributed by atoms with Gasteiger partial charge in [-0.25, -0.2) is 4.79 Å².